The van der Waals surface area contributed by atoms with Gasteiger partial charge in [0.2, 0.25) is 0 Å². The number of nitriles is 1. The van der Waals surface area contributed by atoms with E-state index in [2.05, 4.69) is 34.5 Å². The summed E-state index contributed by atoms with van der Waals surface area (Å²) in [7, 11) is 0. The monoisotopic (exact) mass is 225 g/mol. The summed E-state index contributed by atoms with van der Waals surface area (Å²) in [5.41, 5.74) is 1.91. The van der Waals surface area contributed by atoms with Crippen molar-refractivity contribution in [3.63, 3.8) is 0 Å². The van der Waals surface area contributed by atoms with Gasteiger partial charge in [-0.05, 0) is 24.5 Å². The largest absolute Gasteiger partial charge is 0.278 e. The molecule has 0 radical (unpaired) electrons. The topological polar surface area (TPSA) is 52.5 Å². The van der Waals surface area contributed by atoms with Gasteiger partial charge in [0, 0.05) is 5.39 Å². The van der Waals surface area contributed by atoms with Crippen LogP contribution in [0.1, 0.15) is 37.7 Å². The summed E-state index contributed by atoms with van der Waals surface area (Å²) in [6.07, 6.45) is 7.38. The number of fused-ring (bicyclic) bond motifs is 1. The molecule has 1 N–H and O–H groups in total. The third kappa shape index (κ3) is 1.61. The van der Waals surface area contributed by atoms with Gasteiger partial charge in [-0.15, -0.1) is 0 Å². The van der Waals surface area contributed by atoms with Crippen LogP contribution < -0.4 is 0 Å². The second kappa shape index (κ2) is 3.89. The van der Waals surface area contributed by atoms with Gasteiger partial charge in [0.1, 0.15) is 0 Å². The van der Waals surface area contributed by atoms with Crippen molar-refractivity contribution in [3.8, 4) is 6.07 Å². The molecule has 0 amide bonds. The lowest BCUT2D eigenvalue weighted by Crippen LogP contribution is -2.26. The maximum absolute atomic E-state index is 9.54. The van der Waals surface area contributed by atoms with Crippen LogP contribution in [0.5, 0.6) is 0 Å². The summed E-state index contributed by atoms with van der Waals surface area (Å²) < 4.78 is 0. The van der Waals surface area contributed by atoms with Gasteiger partial charge >= 0.3 is 0 Å². The van der Waals surface area contributed by atoms with Gasteiger partial charge in [-0.25, -0.2) is 0 Å². The standard InChI is InChI=1S/C14H15N3/c15-10-14(6-2-1-3-7-14)12-5-4-11-9-16-17-13(11)8-12/h4-5,8-9H,1-3,6-7H2,(H,16,17). The van der Waals surface area contributed by atoms with E-state index in [1.807, 2.05) is 6.20 Å². The number of H-pyrrole nitrogens is 1. The number of nitrogens with one attached hydrogen (secondary N) is 1. The first-order valence-corrected chi connectivity index (χ1v) is 6.19. The van der Waals surface area contributed by atoms with Gasteiger partial charge in [0.15, 0.2) is 0 Å². The summed E-state index contributed by atoms with van der Waals surface area (Å²) in [5, 5.41) is 17.7. The third-order valence-electron chi connectivity index (χ3n) is 3.92. The van der Waals surface area contributed by atoms with Crippen LogP contribution in [-0.2, 0) is 5.41 Å². The lowest BCUT2D eigenvalue weighted by Gasteiger charge is -2.31. The van der Waals surface area contributed by atoms with E-state index < -0.39 is 0 Å². The highest BCUT2D eigenvalue weighted by molar-refractivity contribution is 5.78. The number of aromatic amines is 1. The number of hydrogen-bond acceptors (Lipinski definition) is 2. The molecular formula is C14H15N3. The SMILES string of the molecule is N#CC1(c2ccc3cn[nH]c3c2)CCCCC1. The maximum atomic E-state index is 9.54. The van der Waals surface area contributed by atoms with Crippen LogP contribution in [0.3, 0.4) is 0 Å². The van der Waals surface area contributed by atoms with Gasteiger partial charge in [0.05, 0.1) is 23.2 Å². The maximum Gasteiger partial charge on any atom is 0.0823 e. The van der Waals surface area contributed by atoms with E-state index in [9.17, 15) is 5.26 Å². The summed E-state index contributed by atoms with van der Waals surface area (Å²) in [6, 6.07) is 8.80. The van der Waals surface area contributed by atoms with E-state index in [0.29, 0.717) is 0 Å². The molecule has 0 atom stereocenters. The lowest BCUT2D eigenvalue weighted by molar-refractivity contribution is 0.366. The van der Waals surface area contributed by atoms with Gasteiger partial charge in [-0.1, -0.05) is 31.4 Å². The Morgan fingerprint density at radius 3 is 2.82 bits per heavy atom. The molecule has 1 aromatic heterocycles. The van der Waals surface area contributed by atoms with Crippen molar-refractivity contribution in [2.45, 2.75) is 37.5 Å². The fourth-order valence-electron chi connectivity index (χ4n) is 2.86. The predicted octanol–water partition coefficient (Wildman–Crippen LogP) is 3.29. The van der Waals surface area contributed by atoms with Crippen LogP contribution >= 0.6 is 0 Å². The summed E-state index contributed by atoms with van der Waals surface area (Å²) in [4.78, 5) is 0. The van der Waals surface area contributed by atoms with Crippen LogP contribution in [0.25, 0.3) is 10.9 Å². The highest BCUT2D eigenvalue weighted by Gasteiger charge is 2.34. The number of benzene rings is 1. The van der Waals surface area contributed by atoms with Crippen molar-refractivity contribution >= 4 is 10.9 Å². The molecule has 17 heavy (non-hydrogen) atoms. The molecule has 86 valence electrons. The molecule has 1 aliphatic carbocycles. The first kappa shape index (κ1) is 10.3. The second-order valence-corrected chi connectivity index (χ2v) is 4.93. The highest BCUT2D eigenvalue weighted by atomic mass is 15.1. The molecule has 0 saturated heterocycles. The zero-order valence-corrected chi connectivity index (χ0v) is 9.74. The van der Waals surface area contributed by atoms with Crippen molar-refractivity contribution in [1.82, 2.24) is 10.2 Å². The first-order chi connectivity index (χ1) is 8.34. The number of rotatable bonds is 1. The summed E-state index contributed by atoms with van der Waals surface area (Å²) >= 11 is 0. The van der Waals surface area contributed by atoms with Gasteiger partial charge in [-0.2, -0.15) is 10.4 Å². The third-order valence-corrected chi connectivity index (χ3v) is 3.92. The molecule has 0 unspecified atom stereocenters. The van der Waals surface area contributed by atoms with Gasteiger partial charge < -0.3 is 0 Å². The molecule has 1 aliphatic rings. The van der Waals surface area contributed by atoms with E-state index in [4.69, 9.17) is 0 Å². The van der Waals surface area contributed by atoms with E-state index in [-0.39, 0.29) is 5.41 Å². The second-order valence-electron chi connectivity index (χ2n) is 4.93. The lowest BCUT2D eigenvalue weighted by atomic mass is 9.70. The summed E-state index contributed by atoms with van der Waals surface area (Å²) in [5.74, 6) is 0. The van der Waals surface area contributed by atoms with Crippen molar-refractivity contribution in [2.75, 3.05) is 0 Å². The minimum absolute atomic E-state index is 0.266. The first-order valence-electron chi connectivity index (χ1n) is 6.19. The van der Waals surface area contributed by atoms with Crippen LogP contribution in [0.2, 0.25) is 0 Å². The van der Waals surface area contributed by atoms with E-state index in [0.717, 1.165) is 42.1 Å². The molecule has 1 saturated carbocycles. The number of hydrogen-bond donors (Lipinski definition) is 1. The Morgan fingerprint density at radius 2 is 2.06 bits per heavy atom. The Labute approximate surface area is 100 Å². The Hall–Kier alpha value is -1.82. The highest BCUT2D eigenvalue weighted by Crippen LogP contribution is 2.39. The van der Waals surface area contributed by atoms with Gasteiger partial charge in [-0.3, -0.25) is 5.10 Å². The van der Waals surface area contributed by atoms with E-state index in [1.54, 1.807) is 0 Å². The Bertz CT molecular complexity index is 570. The van der Waals surface area contributed by atoms with Crippen LogP contribution in [-0.4, -0.2) is 10.2 Å². The molecule has 1 fully saturated rings. The molecule has 0 bridgehead atoms. The molecule has 0 spiro atoms. The molecule has 3 rings (SSSR count). The molecule has 1 aromatic carbocycles. The van der Waals surface area contributed by atoms with Crippen molar-refractivity contribution in [3.05, 3.63) is 30.0 Å². The van der Waals surface area contributed by atoms with Crippen LogP contribution in [0.4, 0.5) is 0 Å². The zero-order valence-electron chi connectivity index (χ0n) is 9.74. The van der Waals surface area contributed by atoms with Gasteiger partial charge in [0.25, 0.3) is 0 Å². The molecule has 3 heteroatoms. The van der Waals surface area contributed by atoms with Crippen molar-refractivity contribution < 1.29 is 0 Å². The average molecular weight is 225 g/mol. The van der Waals surface area contributed by atoms with Crippen LogP contribution in [0.15, 0.2) is 24.4 Å². The normalized spacial score (nSPS) is 19.0. The predicted molar refractivity (Wildman–Crippen MR) is 66.5 cm³/mol. The molecular weight excluding hydrogens is 210 g/mol. The summed E-state index contributed by atoms with van der Waals surface area (Å²) in [6.45, 7) is 0. The number of aromatic nitrogens is 2. The number of nitrogens with zero attached hydrogens (tertiary/aromatic N) is 2. The average Bonchev–Trinajstić information content (AvgIpc) is 2.86. The molecule has 3 nitrogen and oxygen atoms in total. The minimum atomic E-state index is -0.266. The van der Waals surface area contributed by atoms with Crippen LogP contribution in [0, 0.1) is 11.3 Å². The fraction of sp³-hybridized carbons (Fsp3) is 0.429. The fourth-order valence-corrected chi connectivity index (χ4v) is 2.86. The molecule has 0 aliphatic heterocycles. The smallest absolute Gasteiger partial charge is 0.0823 e. The minimum Gasteiger partial charge on any atom is -0.278 e. The van der Waals surface area contributed by atoms with E-state index in [1.165, 1.54) is 6.42 Å². The zero-order chi connectivity index (χ0) is 11.7. The van der Waals surface area contributed by atoms with Crippen molar-refractivity contribution in [1.29, 1.82) is 5.26 Å². The Morgan fingerprint density at radius 1 is 1.24 bits per heavy atom. The van der Waals surface area contributed by atoms with E-state index >= 15 is 0 Å². The Kier molecular flexibility index (Phi) is 2.36. The molecule has 2 aromatic rings. The quantitative estimate of drug-likeness (QED) is 0.809. The Balaban J connectivity index is 2.09. The van der Waals surface area contributed by atoms with Crippen molar-refractivity contribution in [2.24, 2.45) is 0 Å². The molecule has 1 heterocycles.